The van der Waals surface area contributed by atoms with E-state index in [1.807, 2.05) is 0 Å². The fourth-order valence-electron chi connectivity index (χ4n) is 1.66. The Morgan fingerprint density at radius 1 is 1.30 bits per heavy atom. The van der Waals surface area contributed by atoms with Crippen LogP contribution in [0.4, 0.5) is 10.1 Å². The van der Waals surface area contributed by atoms with Crippen LogP contribution in [0.5, 0.6) is 0 Å². The Kier molecular flexibility index (Phi) is 4.05. The summed E-state index contributed by atoms with van der Waals surface area (Å²) in [7, 11) is 0. The summed E-state index contributed by atoms with van der Waals surface area (Å²) in [5.41, 5.74) is 1.54. The fourth-order valence-corrected chi connectivity index (χ4v) is 1.66. The third kappa shape index (κ3) is 2.97. The van der Waals surface area contributed by atoms with Crippen LogP contribution in [0.15, 0.2) is 47.8 Å². The van der Waals surface area contributed by atoms with Crippen molar-refractivity contribution in [2.45, 2.75) is 6.92 Å². The summed E-state index contributed by atoms with van der Waals surface area (Å²) in [6.45, 7) is 1.61. The molecule has 0 radical (unpaired) electrons. The Hall–Kier alpha value is -2.76. The van der Waals surface area contributed by atoms with E-state index < -0.39 is 11.7 Å². The zero-order valence-corrected chi connectivity index (χ0v) is 10.7. The lowest BCUT2D eigenvalue weighted by molar-refractivity contribution is 0.102. The molecule has 1 aromatic heterocycles. The molecule has 1 amide bonds. The number of para-hydroxylation sites is 1. The van der Waals surface area contributed by atoms with Gasteiger partial charge in [0.05, 0.1) is 17.6 Å². The number of nitrogens with one attached hydrogen (secondary N) is 1. The van der Waals surface area contributed by atoms with Gasteiger partial charge in [0, 0.05) is 5.56 Å². The molecule has 2 N–H and O–H groups in total. The summed E-state index contributed by atoms with van der Waals surface area (Å²) < 4.78 is 12.8. The van der Waals surface area contributed by atoms with E-state index in [1.165, 1.54) is 6.07 Å². The van der Waals surface area contributed by atoms with Crippen LogP contribution in [0.2, 0.25) is 0 Å². The highest BCUT2D eigenvalue weighted by atomic mass is 19.1. The molecule has 20 heavy (non-hydrogen) atoms. The van der Waals surface area contributed by atoms with Crippen LogP contribution in [0.25, 0.3) is 0 Å². The summed E-state index contributed by atoms with van der Waals surface area (Å²) in [6, 6.07) is 9.33. The first-order valence-corrected chi connectivity index (χ1v) is 5.83. The van der Waals surface area contributed by atoms with Crippen molar-refractivity contribution >= 4 is 17.3 Å². The molecule has 0 saturated carbocycles. The zero-order valence-electron chi connectivity index (χ0n) is 10.7. The van der Waals surface area contributed by atoms with Crippen molar-refractivity contribution in [2.75, 3.05) is 5.32 Å². The number of aromatic nitrogens is 1. The van der Waals surface area contributed by atoms with Crippen LogP contribution >= 0.6 is 0 Å². The Morgan fingerprint density at radius 3 is 2.70 bits per heavy atom. The molecule has 0 unspecified atom stereocenters. The van der Waals surface area contributed by atoms with Gasteiger partial charge in [-0.15, -0.1) is 0 Å². The van der Waals surface area contributed by atoms with Gasteiger partial charge in [-0.05, 0) is 25.1 Å². The second-order valence-electron chi connectivity index (χ2n) is 4.05. The summed E-state index contributed by atoms with van der Waals surface area (Å²) in [5, 5.41) is 14.6. The number of benzene rings is 1. The van der Waals surface area contributed by atoms with E-state index in [9.17, 15) is 9.18 Å². The number of carbonyl (C=O) groups excluding carboxylic acids is 1. The first-order chi connectivity index (χ1) is 9.61. The molecule has 0 fully saturated rings. The van der Waals surface area contributed by atoms with Crippen molar-refractivity contribution in [1.29, 1.82) is 0 Å². The largest absolute Gasteiger partial charge is 0.411 e. The minimum atomic E-state index is -0.509. The summed E-state index contributed by atoms with van der Waals surface area (Å²) in [5.74, 6) is -0.978. The Bertz CT molecular complexity index is 654. The molecule has 0 aliphatic heterocycles. The number of nitrogens with zero attached hydrogens (tertiary/aromatic N) is 2. The number of oxime groups is 1. The lowest BCUT2D eigenvalue weighted by Crippen LogP contribution is -2.15. The molecule has 1 heterocycles. The SMILES string of the molecule is C/C(=N/O)c1ccccc1NC(=O)c1ccc(F)cn1. The van der Waals surface area contributed by atoms with Crippen LogP contribution in [0.1, 0.15) is 23.0 Å². The van der Waals surface area contributed by atoms with Gasteiger partial charge in [-0.3, -0.25) is 4.79 Å². The van der Waals surface area contributed by atoms with Gasteiger partial charge in [0.25, 0.3) is 5.91 Å². The van der Waals surface area contributed by atoms with Crippen molar-refractivity contribution in [3.63, 3.8) is 0 Å². The molecule has 2 aromatic rings. The summed E-state index contributed by atoms with van der Waals surface area (Å²) in [4.78, 5) is 15.7. The lowest BCUT2D eigenvalue weighted by atomic mass is 10.1. The van der Waals surface area contributed by atoms with E-state index in [0.29, 0.717) is 17.0 Å². The first kappa shape index (κ1) is 13.7. The van der Waals surface area contributed by atoms with E-state index in [2.05, 4.69) is 15.5 Å². The number of hydrogen-bond acceptors (Lipinski definition) is 4. The van der Waals surface area contributed by atoms with Crippen LogP contribution in [-0.4, -0.2) is 21.8 Å². The summed E-state index contributed by atoms with van der Waals surface area (Å²) >= 11 is 0. The average molecular weight is 273 g/mol. The van der Waals surface area contributed by atoms with Crippen molar-refractivity contribution in [3.8, 4) is 0 Å². The molecule has 0 saturated heterocycles. The third-order valence-electron chi connectivity index (χ3n) is 2.68. The topological polar surface area (TPSA) is 74.6 Å². The number of carbonyl (C=O) groups is 1. The Balaban J connectivity index is 2.26. The average Bonchev–Trinajstić information content (AvgIpc) is 2.47. The second-order valence-corrected chi connectivity index (χ2v) is 4.05. The van der Waals surface area contributed by atoms with Gasteiger partial charge in [0.2, 0.25) is 0 Å². The van der Waals surface area contributed by atoms with Gasteiger partial charge in [-0.25, -0.2) is 9.37 Å². The van der Waals surface area contributed by atoms with Gasteiger partial charge >= 0.3 is 0 Å². The molecule has 0 spiro atoms. The molecule has 1 aromatic carbocycles. The highest BCUT2D eigenvalue weighted by Crippen LogP contribution is 2.17. The highest BCUT2D eigenvalue weighted by Gasteiger charge is 2.11. The molecule has 102 valence electrons. The van der Waals surface area contributed by atoms with Crippen LogP contribution in [0.3, 0.4) is 0 Å². The predicted molar refractivity (Wildman–Crippen MR) is 72.6 cm³/mol. The molecule has 6 heteroatoms. The molecule has 5 nitrogen and oxygen atoms in total. The van der Waals surface area contributed by atoms with Crippen LogP contribution < -0.4 is 5.32 Å². The maximum absolute atomic E-state index is 12.8. The van der Waals surface area contributed by atoms with Gasteiger partial charge in [-0.1, -0.05) is 23.4 Å². The van der Waals surface area contributed by atoms with Crippen molar-refractivity contribution in [1.82, 2.24) is 4.98 Å². The van der Waals surface area contributed by atoms with E-state index in [1.54, 1.807) is 31.2 Å². The number of pyridine rings is 1. The van der Waals surface area contributed by atoms with Crippen molar-refractivity contribution in [3.05, 3.63) is 59.7 Å². The molecule has 0 aliphatic carbocycles. The third-order valence-corrected chi connectivity index (χ3v) is 2.68. The second kappa shape index (κ2) is 5.92. The van der Waals surface area contributed by atoms with Gasteiger partial charge in [0.1, 0.15) is 11.5 Å². The van der Waals surface area contributed by atoms with E-state index in [-0.39, 0.29) is 5.69 Å². The zero-order chi connectivity index (χ0) is 14.5. The van der Waals surface area contributed by atoms with Gasteiger partial charge in [0.15, 0.2) is 0 Å². The fraction of sp³-hybridized carbons (Fsp3) is 0.0714. The first-order valence-electron chi connectivity index (χ1n) is 5.83. The molecular weight excluding hydrogens is 261 g/mol. The number of anilines is 1. The minimum Gasteiger partial charge on any atom is -0.411 e. The molecule has 0 bridgehead atoms. The van der Waals surface area contributed by atoms with Crippen LogP contribution in [-0.2, 0) is 0 Å². The maximum Gasteiger partial charge on any atom is 0.274 e. The standard InChI is InChI=1S/C14H12FN3O2/c1-9(18-20)11-4-2-3-5-12(11)17-14(19)13-7-6-10(15)8-16-13/h2-8,20H,1H3,(H,17,19)/b18-9-. The van der Waals surface area contributed by atoms with E-state index in [0.717, 1.165) is 12.3 Å². The summed E-state index contributed by atoms with van der Waals surface area (Å²) in [6.07, 6.45) is 0.973. The van der Waals surface area contributed by atoms with Gasteiger partial charge in [-0.2, -0.15) is 0 Å². The normalized spacial score (nSPS) is 11.2. The number of amides is 1. The van der Waals surface area contributed by atoms with Crippen molar-refractivity contribution < 1.29 is 14.4 Å². The van der Waals surface area contributed by atoms with Crippen molar-refractivity contribution in [2.24, 2.45) is 5.16 Å². The number of hydrogen-bond donors (Lipinski definition) is 2. The quantitative estimate of drug-likeness (QED) is 0.513. The molecular formula is C14H12FN3O2. The van der Waals surface area contributed by atoms with E-state index in [4.69, 9.17) is 5.21 Å². The minimum absolute atomic E-state index is 0.0970. The maximum atomic E-state index is 12.8. The Labute approximate surface area is 114 Å². The number of halogens is 1. The monoisotopic (exact) mass is 273 g/mol. The smallest absolute Gasteiger partial charge is 0.274 e. The predicted octanol–water partition coefficient (Wildman–Crippen LogP) is 2.67. The lowest BCUT2D eigenvalue weighted by Gasteiger charge is -2.09. The molecule has 0 atom stereocenters. The molecule has 2 rings (SSSR count). The molecule has 0 aliphatic rings. The van der Waals surface area contributed by atoms with Crippen LogP contribution in [0, 0.1) is 5.82 Å². The van der Waals surface area contributed by atoms with E-state index >= 15 is 0 Å². The van der Waals surface area contributed by atoms with Gasteiger partial charge < -0.3 is 10.5 Å². The highest BCUT2D eigenvalue weighted by molar-refractivity contribution is 6.09. The Morgan fingerprint density at radius 2 is 2.05 bits per heavy atom. The number of rotatable bonds is 3.